The van der Waals surface area contributed by atoms with Crippen LogP contribution in [-0.4, -0.2) is 30.2 Å². The highest BCUT2D eigenvalue weighted by molar-refractivity contribution is 5.71. The predicted octanol–water partition coefficient (Wildman–Crippen LogP) is 2.76. The Morgan fingerprint density at radius 1 is 1.14 bits per heavy atom. The Bertz CT molecular complexity index is 500. The summed E-state index contributed by atoms with van der Waals surface area (Å²) < 4.78 is 76.3. The van der Waals surface area contributed by atoms with Crippen molar-refractivity contribution >= 4 is 11.7 Å². The molecule has 1 atom stereocenters. The fourth-order valence-electron chi connectivity index (χ4n) is 1.34. The normalized spacial score (nSPS) is 13.5. The molecule has 0 spiro atoms. The van der Waals surface area contributed by atoms with E-state index in [0.29, 0.717) is 0 Å². The van der Waals surface area contributed by atoms with Crippen LogP contribution in [0.5, 0.6) is 5.75 Å². The first-order valence-corrected chi connectivity index (χ1v) is 5.63. The van der Waals surface area contributed by atoms with Gasteiger partial charge in [-0.15, -0.1) is 13.2 Å². The van der Waals surface area contributed by atoms with Crippen LogP contribution in [0.3, 0.4) is 0 Å². The van der Waals surface area contributed by atoms with Gasteiger partial charge in [-0.25, -0.2) is 5.43 Å². The molecule has 0 aliphatic carbocycles. The molecule has 0 amide bonds. The summed E-state index contributed by atoms with van der Waals surface area (Å²) >= 11 is 0. The summed E-state index contributed by atoms with van der Waals surface area (Å²) in [5, 5.41) is 8.44. The molecule has 22 heavy (non-hydrogen) atoms. The van der Waals surface area contributed by atoms with Gasteiger partial charge in [-0.05, 0) is 24.3 Å². The first kappa shape index (κ1) is 17.9. The van der Waals surface area contributed by atoms with Crippen molar-refractivity contribution in [3.05, 3.63) is 24.3 Å². The maximum atomic E-state index is 12.3. The number of ether oxygens (including phenoxy) is 1. The molecule has 0 aliphatic heterocycles. The third kappa shape index (κ3) is 6.08. The fourth-order valence-corrected chi connectivity index (χ4v) is 1.34. The van der Waals surface area contributed by atoms with E-state index in [1.54, 1.807) is 0 Å². The van der Waals surface area contributed by atoms with E-state index in [2.05, 4.69) is 10.2 Å². The van der Waals surface area contributed by atoms with Gasteiger partial charge in [0.1, 0.15) is 5.75 Å². The summed E-state index contributed by atoms with van der Waals surface area (Å²) in [6.45, 7) is -0.959. The van der Waals surface area contributed by atoms with Gasteiger partial charge in [-0.3, -0.25) is 4.79 Å². The third-order valence-corrected chi connectivity index (χ3v) is 2.32. The van der Waals surface area contributed by atoms with Gasteiger partial charge >= 0.3 is 18.5 Å². The molecule has 5 nitrogen and oxygen atoms in total. The van der Waals surface area contributed by atoms with Gasteiger partial charge in [0.25, 0.3) is 0 Å². The lowest BCUT2D eigenvalue weighted by Crippen LogP contribution is -2.40. The molecule has 0 aromatic heterocycles. The monoisotopic (exact) mass is 332 g/mol. The Morgan fingerprint density at radius 2 is 1.68 bits per heavy atom. The number of carboxylic acid groups (broad SMARTS) is 1. The molecule has 0 saturated carbocycles. The van der Waals surface area contributed by atoms with E-state index in [0.717, 1.165) is 24.3 Å². The van der Waals surface area contributed by atoms with E-state index in [-0.39, 0.29) is 5.69 Å². The second-order valence-electron chi connectivity index (χ2n) is 4.01. The molecular weight excluding hydrogens is 322 g/mol. The number of hydrazine groups is 1. The zero-order valence-corrected chi connectivity index (χ0v) is 10.6. The van der Waals surface area contributed by atoms with Gasteiger partial charge in [-0.2, -0.15) is 13.2 Å². The number of hydrogen-bond donors (Lipinski definition) is 3. The van der Waals surface area contributed by atoms with Crippen LogP contribution in [0.2, 0.25) is 0 Å². The molecule has 124 valence electrons. The van der Waals surface area contributed by atoms with E-state index in [1.165, 1.54) is 0 Å². The molecular formula is C11H10F6N2O3. The van der Waals surface area contributed by atoms with E-state index in [1.807, 2.05) is 5.43 Å². The van der Waals surface area contributed by atoms with Crippen LogP contribution < -0.4 is 15.6 Å². The van der Waals surface area contributed by atoms with Crippen molar-refractivity contribution in [2.24, 2.45) is 5.92 Å². The van der Waals surface area contributed by atoms with Crippen molar-refractivity contribution in [2.75, 3.05) is 12.0 Å². The zero-order valence-electron chi connectivity index (χ0n) is 10.6. The third-order valence-electron chi connectivity index (χ3n) is 2.32. The van der Waals surface area contributed by atoms with Gasteiger partial charge < -0.3 is 15.3 Å². The lowest BCUT2D eigenvalue weighted by atomic mass is 10.1. The molecule has 1 aromatic carbocycles. The molecule has 1 aromatic rings. The maximum absolute atomic E-state index is 12.3. The van der Waals surface area contributed by atoms with Crippen LogP contribution in [-0.2, 0) is 4.79 Å². The maximum Gasteiger partial charge on any atom is 0.573 e. The van der Waals surface area contributed by atoms with Gasteiger partial charge in [0.15, 0.2) is 5.92 Å². The molecule has 0 fully saturated rings. The lowest BCUT2D eigenvalue weighted by molar-refractivity contribution is -0.274. The Hall–Kier alpha value is -2.17. The molecule has 0 saturated heterocycles. The van der Waals surface area contributed by atoms with E-state index in [4.69, 9.17) is 5.11 Å². The quantitative estimate of drug-likeness (QED) is 0.552. The molecule has 1 unspecified atom stereocenters. The average molecular weight is 332 g/mol. The Morgan fingerprint density at radius 3 is 2.09 bits per heavy atom. The Labute approximate surface area is 119 Å². The standard InChI is InChI=1S/C11H10F6N2O3/c12-10(13,14)8(9(20)21)5-18-19-6-1-3-7(4-2-6)22-11(15,16)17/h1-4,8,18-19H,5H2,(H,20,21). The Kier molecular flexibility index (Phi) is 5.47. The SMILES string of the molecule is O=C(O)C(CNNc1ccc(OC(F)(F)F)cc1)C(F)(F)F. The highest BCUT2D eigenvalue weighted by Gasteiger charge is 2.44. The summed E-state index contributed by atoms with van der Waals surface area (Å²) in [6, 6.07) is 4.10. The van der Waals surface area contributed by atoms with E-state index >= 15 is 0 Å². The number of carboxylic acids is 1. The van der Waals surface area contributed by atoms with Crippen LogP contribution in [0.15, 0.2) is 24.3 Å². The predicted molar refractivity (Wildman–Crippen MR) is 61.9 cm³/mol. The highest BCUT2D eigenvalue weighted by atomic mass is 19.4. The van der Waals surface area contributed by atoms with Crippen LogP contribution in [0.4, 0.5) is 32.0 Å². The molecule has 0 heterocycles. The minimum Gasteiger partial charge on any atom is -0.481 e. The minimum atomic E-state index is -4.93. The second-order valence-corrected chi connectivity index (χ2v) is 4.01. The minimum absolute atomic E-state index is 0.126. The van der Waals surface area contributed by atoms with Gasteiger partial charge in [0, 0.05) is 12.2 Å². The molecule has 1 rings (SSSR count). The number of nitrogens with one attached hydrogen (secondary N) is 2. The van der Waals surface area contributed by atoms with Crippen molar-refractivity contribution in [3.8, 4) is 5.75 Å². The van der Waals surface area contributed by atoms with Crippen LogP contribution >= 0.6 is 0 Å². The largest absolute Gasteiger partial charge is 0.573 e. The summed E-state index contributed by atoms with van der Waals surface area (Å²) in [7, 11) is 0. The molecule has 3 N–H and O–H groups in total. The second kappa shape index (κ2) is 6.73. The molecule has 0 aliphatic rings. The first-order valence-electron chi connectivity index (χ1n) is 5.63. The Balaban J connectivity index is 2.53. The van der Waals surface area contributed by atoms with Crippen LogP contribution in [0, 0.1) is 5.92 Å². The number of alkyl halides is 6. The highest BCUT2D eigenvalue weighted by Crippen LogP contribution is 2.26. The van der Waals surface area contributed by atoms with Crippen molar-refractivity contribution in [3.63, 3.8) is 0 Å². The smallest absolute Gasteiger partial charge is 0.481 e. The van der Waals surface area contributed by atoms with Crippen molar-refractivity contribution in [1.82, 2.24) is 5.43 Å². The number of aliphatic carboxylic acids is 1. The topological polar surface area (TPSA) is 70.6 Å². The van der Waals surface area contributed by atoms with Crippen molar-refractivity contribution in [2.45, 2.75) is 12.5 Å². The number of rotatable bonds is 6. The summed E-state index contributed by atoms with van der Waals surface area (Å²) in [5.74, 6) is -5.17. The first-order chi connectivity index (χ1) is 9.99. The van der Waals surface area contributed by atoms with E-state index < -0.39 is 36.7 Å². The summed E-state index contributed by atoms with van der Waals surface area (Å²) in [5.41, 5.74) is 4.41. The number of anilines is 1. The number of halogens is 6. The van der Waals surface area contributed by atoms with Crippen molar-refractivity contribution < 1.29 is 41.0 Å². The number of benzene rings is 1. The number of hydrogen-bond acceptors (Lipinski definition) is 4. The summed E-state index contributed by atoms with van der Waals surface area (Å²) in [6.07, 6.45) is -9.78. The molecule has 0 bridgehead atoms. The van der Waals surface area contributed by atoms with Gasteiger partial charge in [0.05, 0.1) is 0 Å². The average Bonchev–Trinajstić information content (AvgIpc) is 2.32. The summed E-state index contributed by atoms with van der Waals surface area (Å²) in [4.78, 5) is 10.5. The van der Waals surface area contributed by atoms with Gasteiger partial charge in [-0.1, -0.05) is 0 Å². The fraction of sp³-hybridized carbons (Fsp3) is 0.364. The zero-order chi connectivity index (χ0) is 17.0. The van der Waals surface area contributed by atoms with Crippen LogP contribution in [0.25, 0.3) is 0 Å². The van der Waals surface area contributed by atoms with Gasteiger partial charge in [0.2, 0.25) is 0 Å². The molecule has 0 radical (unpaired) electrons. The lowest BCUT2D eigenvalue weighted by Gasteiger charge is -2.17. The molecule has 11 heteroatoms. The number of carbonyl (C=O) groups is 1. The van der Waals surface area contributed by atoms with Crippen LogP contribution in [0.1, 0.15) is 0 Å². The van der Waals surface area contributed by atoms with Crippen molar-refractivity contribution in [1.29, 1.82) is 0 Å². The van der Waals surface area contributed by atoms with E-state index in [9.17, 15) is 31.1 Å².